The number of nitrogens with zero attached hydrogens (tertiary/aromatic N) is 6. The number of rotatable bonds is 3. The first-order valence-electron chi connectivity index (χ1n) is 7.85. The second kappa shape index (κ2) is 5.93. The topological polar surface area (TPSA) is 61.0 Å². The van der Waals surface area contributed by atoms with Crippen LogP contribution in [0.15, 0.2) is 18.5 Å². The van der Waals surface area contributed by atoms with E-state index in [0.29, 0.717) is 0 Å². The summed E-state index contributed by atoms with van der Waals surface area (Å²) in [5.74, 6) is 0. The van der Waals surface area contributed by atoms with Crippen LogP contribution in [0.3, 0.4) is 0 Å². The van der Waals surface area contributed by atoms with Gasteiger partial charge in [-0.2, -0.15) is 10.2 Å². The van der Waals surface area contributed by atoms with Gasteiger partial charge in [0, 0.05) is 39.1 Å². The molecule has 0 aliphatic carbocycles. The minimum Gasteiger partial charge on any atom is -0.374 e. The van der Waals surface area contributed by atoms with Gasteiger partial charge < -0.3 is 9.64 Å². The molecule has 0 aromatic carbocycles. The number of ether oxygens (including phenoxy) is 1. The van der Waals surface area contributed by atoms with Crippen molar-refractivity contribution in [3.8, 4) is 0 Å². The first-order valence-corrected chi connectivity index (χ1v) is 8.66. The molecule has 1 aliphatic heterocycles. The second-order valence-electron chi connectivity index (χ2n) is 5.88. The molecule has 1 saturated heterocycles. The number of thiazole rings is 1. The van der Waals surface area contributed by atoms with E-state index in [1.165, 1.54) is 4.70 Å². The van der Waals surface area contributed by atoms with Crippen molar-refractivity contribution < 1.29 is 4.74 Å². The molecule has 1 fully saturated rings. The lowest BCUT2D eigenvalue weighted by molar-refractivity contribution is 0.0544. The highest BCUT2D eigenvalue weighted by Crippen LogP contribution is 2.31. The molecule has 3 aromatic rings. The third-order valence-electron chi connectivity index (χ3n) is 4.10. The van der Waals surface area contributed by atoms with Crippen LogP contribution in [0.1, 0.15) is 12.1 Å². The zero-order chi connectivity index (χ0) is 15.8. The van der Waals surface area contributed by atoms with Gasteiger partial charge in [-0.25, -0.2) is 9.67 Å². The molecule has 23 heavy (non-hydrogen) atoms. The van der Waals surface area contributed by atoms with E-state index in [9.17, 15) is 0 Å². The molecular formula is C15H20N6OS. The van der Waals surface area contributed by atoms with Gasteiger partial charge in [0.2, 0.25) is 0 Å². The van der Waals surface area contributed by atoms with Gasteiger partial charge in [-0.3, -0.25) is 4.68 Å². The number of aryl methyl sites for hydroxylation is 2. The van der Waals surface area contributed by atoms with E-state index in [-0.39, 0.29) is 6.10 Å². The Balaban J connectivity index is 1.57. The number of anilines is 1. The molecule has 0 bridgehead atoms. The molecule has 122 valence electrons. The molecular weight excluding hydrogens is 312 g/mol. The number of hydrogen-bond acceptors (Lipinski definition) is 6. The van der Waals surface area contributed by atoms with Gasteiger partial charge in [-0.05, 0) is 19.4 Å². The molecule has 0 N–H and O–H groups in total. The molecule has 3 aromatic heterocycles. The normalized spacial score (nSPS) is 19.4. The lowest BCUT2D eigenvalue weighted by Gasteiger charge is -2.23. The maximum atomic E-state index is 5.99. The smallest absolute Gasteiger partial charge is 0.188 e. The summed E-state index contributed by atoms with van der Waals surface area (Å²) >= 11 is 1.72. The van der Waals surface area contributed by atoms with Crippen LogP contribution in [0.5, 0.6) is 0 Å². The van der Waals surface area contributed by atoms with Crippen molar-refractivity contribution in [1.29, 1.82) is 0 Å². The van der Waals surface area contributed by atoms with Crippen molar-refractivity contribution >= 4 is 26.8 Å². The zero-order valence-corrected chi connectivity index (χ0v) is 14.2. The first kappa shape index (κ1) is 14.6. The van der Waals surface area contributed by atoms with Crippen molar-refractivity contribution in [3.05, 3.63) is 24.2 Å². The molecule has 0 radical (unpaired) electrons. The monoisotopic (exact) mass is 332 g/mol. The maximum absolute atomic E-state index is 5.99. The highest BCUT2D eigenvalue weighted by molar-refractivity contribution is 7.22. The fourth-order valence-electron chi connectivity index (χ4n) is 3.01. The second-order valence-corrected chi connectivity index (χ2v) is 6.86. The van der Waals surface area contributed by atoms with Gasteiger partial charge in [0.1, 0.15) is 0 Å². The molecule has 4 rings (SSSR count). The lowest BCUT2D eigenvalue weighted by atomic mass is 10.3. The molecule has 4 heterocycles. The van der Waals surface area contributed by atoms with E-state index in [1.54, 1.807) is 17.5 Å². The van der Waals surface area contributed by atoms with Crippen molar-refractivity contribution in [2.24, 2.45) is 7.05 Å². The fourth-order valence-corrected chi connectivity index (χ4v) is 4.07. The molecule has 0 amide bonds. The summed E-state index contributed by atoms with van der Waals surface area (Å²) in [5.41, 5.74) is 2.02. The Labute approximate surface area is 138 Å². The third kappa shape index (κ3) is 2.84. The van der Waals surface area contributed by atoms with Crippen LogP contribution in [-0.2, 0) is 18.3 Å². The Morgan fingerprint density at radius 2 is 2.35 bits per heavy atom. The summed E-state index contributed by atoms with van der Waals surface area (Å²) in [6, 6.07) is 1.94. The number of hydrogen-bond donors (Lipinski definition) is 0. The molecule has 8 heteroatoms. The van der Waals surface area contributed by atoms with Gasteiger partial charge >= 0.3 is 0 Å². The predicted octanol–water partition coefficient (Wildman–Crippen LogP) is 1.83. The average Bonchev–Trinajstić information content (AvgIpc) is 3.19. The Hall–Kier alpha value is -1.93. The van der Waals surface area contributed by atoms with E-state index in [4.69, 9.17) is 9.72 Å². The fraction of sp³-hybridized carbons (Fsp3) is 0.533. The van der Waals surface area contributed by atoms with Crippen molar-refractivity contribution in [3.63, 3.8) is 0 Å². The summed E-state index contributed by atoms with van der Waals surface area (Å²) in [6.07, 6.45) is 4.93. The van der Waals surface area contributed by atoms with Gasteiger partial charge in [-0.1, -0.05) is 11.3 Å². The van der Waals surface area contributed by atoms with Crippen LogP contribution >= 0.6 is 11.3 Å². The van der Waals surface area contributed by atoms with Crippen LogP contribution < -0.4 is 4.90 Å². The van der Waals surface area contributed by atoms with E-state index >= 15 is 0 Å². The summed E-state index contributed by atoms with van der Waals surface area (Å²) in [6.45, 7) is 5.41. The van der Waals surface area contributed by atoms with E-state index in [2.05, 4.69) is 15.1 Å². The van der Waals surface area contributed by atoms with Gasteiger partial charge in [0.15, 0.2) is 10.8 Å². The van der Waals surface area contributed by atoms with Crippen molar-refractivity contribution in [2.45, 2.75) is 26.0 Å². The zero-order valence-electron chi connectivity index (χ0n) is 13.3. The van der Waals surface area contributed by atoms with Crippen LogP contribution in [-0.4, -0.2) is 50.3 Å². The van der Waals surface area contributed by atoms with E-state index in [1.807, 2.05) is 35.6 Å². The quantitative estimate of drug-likeness (QED) is 0.732. The summed E-state index contributed by atoms with van der Waals surface area (Å²) in [7, 11) is 1.95. The Bertz CT molecular complexity index is 758. The Morgan fingerprint density at radius 3 is 3.13 bits per heavy atom. The van der Waals surface area contributed by atoms with Gasteiger partial charge in [-0.15, -0.1) is 0 Å². The Kier molecular flexibility index (Phi) is 3.78. The summed E-state index contributed by atoms with van der Waals surface area (Å²) < 4.78 is 11.0. The van der Waals surface area contributed by atoms with Gasteiger partial charge in [0.05, 0.1) is 23.0 Å². The van der Waals surface area contributed by atoms with Crippen LogP contribution in [0, 0.1) is 6.92 Å². The average molecular weight is 332 g/mol. The molecule has 0 unspecified atom stereocenters. The van der Waals surface area contributed by atoms with Gasteiger partial charge in [0.25, 0.3) is 0 Å². The minimum atomic E-state index is 0.128. The van der Waals surface area contributed by atoms with Crippen molar-refractivity contribution in [2.75, 3.05) is 24.6 Å². The summed E-state index contributed by atoms with van der Waals surface area (Å²) in [5, 5.41) is 9.77. The minimum absolute atomic E-state index is 0.128. The lowest BCUT2D eigenvalue weighted by Crippen LogP contribution is -2.34. The van der Waals surface area contributed by atoms with Crippen molar-refractivity contribution in [1.82, 2.24) is 24.5 Å². The largest absolute Gasteiger partial charge is 0.374 e. The number of fused-ring (bicyclic) bond motifs is 1. The number of aromatic nitrogens is 5. The van der Waals surface area contributed by atoms with Crippen LogP contribution in [0.4, 0.5) is 5.13 Å². The molecule has 1 aliphatic rings. The standard InChI is InChI=1S/C15H20N6OS/c1-11-13-14(19(2)18-11)17-15(23-13)20-6-4-8-22-12(9-20)10-21-7-3-5-16-21/h3,5,7,12H,4,6,8-10H2,1-2H3/t12-/m0/s1. The SMILES string of the molecule is Cc1nn(C)c2nc(N3CCCO[C@H](Cn4cccn4)C3)sc12. The van der Waals surface area contributed by atoms with Crippen LogP contribution in [0.25, 0.3) is 10.3 Å². The summed E-state index contributed by atoms with van der Waals surface area (Å²) in [4.78, 5) is 7.14. The molecule has 7 nitrogen and oxygen atoms in total. The first-order chi connectivity index (χ1) is 11.2. The van der Waals surface area contributed by atoms with Crippen LogP contribution in [0.2, 0.25) is 0 Å². The molecule has 0 spiro atoms. The molecule has 1 atom stereocenters. The third-order valence-corrected chi connectivity index (χ3v) is 5.32. The Morgan fingerprint density at radius 1 is 1.43 bits per heavy atom. The predicted molar refractivity (Wildman–Crippen MR) is 89.9 cm³/mol. The van der Waals surface area contributed by atoms with E-state index in [0.717, 1.165) is 49.1 Å². The maximum Gasteiger partial charge on any atom is 0.188 e. The molecule has 0 saturated carbocycles. The van der Waals surface area contributed by atoms with E-state index < -0.39 is 0 Å². The highest BCUT2D eigenvalue weighted by Gasteiger charge is 2.23. The highest BCUT2D eigenvalue weighted by atomic mass is 32.1.